The highest BCUT2D eigenvalue weighted by molar-refractivity contribution is 5.80. The Balaban J connectivity index is 2.12. The number of carbonyl (C=O) groups is 1. The predicted octanol–water partition coefficient (Wildman–Crippen LogP) is 1.92. The quantitative estimate of drug-likeness (QED) is 0.761. The van der Waals surface area contributed by atoms with E-state index < -0.39 is 11.5 Å². The van der Waals surface area contributed by atoms with E-state index in [-0.39, 0.29) is 12.5 Å². The Morgan fingerprint density at radius 3 is 2.40 bits per heavy atom. The average molecular weight is 279 g/mol. The van der Waals surface area contributed by atoms with Crippen molar-refractivity contribution in [3.63, 3.8) is 0 Å². The molecule has 0 aliphatic heterocycles. The highest BCUT2D eigenvalue weighted by Crippen LogP contribution is 2.40. The van der Waals surface area contributed by atoms with E-state index in [0.29, 0.717) is 18.1 Å². The lowest BCUT2D eigenvalue weighted by Gasteiger charge is -2.29. The molecule has 110 valence electrons. The molecule has 5 nitrogen and oxygen atoms in total. The van der Waals surface area contributed by atoms with Crippen LogP contribution in [-0.2, 0) is 4.79 Å². The fourth-order valence-corrected chi connectivity index (χ4v) is 2.35. The summed E-state index contributed by atoms with van der Waals surface area (Å²) >= 11 is 0. The van der Waals surface area contributed by atoms with E-state index in [1.165, 1.54) is 0 Å². The van der Waals surface area contributed by atoms with Crippen molar-refractivity contribution < 1.29 is 19.4 Å². The van der Waals surface area contributed by atoms with E-state index in [1.54, 1.807) is 13.1 Å². The first kappa shape index (κ1) is 14.7. The molecule has 0 amide bonds. The minimum atomic E-state index is -1.01. The number of aliphatic carboxylic acids is 1. The van der Waals surface area contributed by atoms with Gasteiger partial charge in [-0.25, -0.2) is 0 Å². The fourth-order valence-electron chi connectivity index (χ4n) is 2.35. The average Bonchev–Trinajstić information content (AvgIpc) is 3.27. The second-order valence-electron chi connectivity index (χ2n) is 4.97. The molecule has 0 bridgehead atoms. The van der Waals surface area contributed by atoms with Crippen LogP contribution in [0, 0.1) is 5.92 Å². The van der Waals surface area contributed by atoms with E-state index in [0.717, 1.165) is 12.8 Å². The highest BCUT2D eigenvalue weighted by atomic mass is 16.5. The summed E-state index contributed by atoms with van der Waals surface area (Å²) in [6, 6.07) is 7.32. The van der Waals surface area contributed by atoms with Crippen molar-refractivity contribution >= 4 is 5.97 Å². The lowest BCUT2D eigenvalue weighted by atomic mass is 9.94. The maximum Gasteiger partial charge on any atom is 0.327 e. The van der Waals surface area contributed by atoms with Crippen molar-refractivity contribution in [3.8, 4) is 11.5 Å². The summed E-state index contributed by atoms with van der Waals surface area (Å²) in [6.45, 7) is 2.53. The van der Waals surface area contributed by atoms with Crippen LogP contribution in [0.2, 0.25) is 0 Å². The third-order valence-electron chi connectivity index (χ3n) is 3.71. The van der Waals surface area contributed by atoms with E-state index in [1.807, 2.05) is 25.1 Å². The molecule has 0 heterocycles. The minimum Gasteiger partial charge on any atom is -0.490 e. The summed E-state index contributed by atoms with van der Waals surface area (Å²) in [5, 5.41) is 12.4. The molecule has 0 saturated heterocycles. The number of carboxylic acids is 1. The van der Waals surface area contributed by atoms with Gasteiger partial charge in [-0.1, -0.05) is 12.1 Å². The molecular formula is C15H21NO4. The molecule has 0 radical (unpaired) electrons. The van der Waals surface area contributed by atoms with Gasteiger partial charge in [-0.05, 0) is 44.9 Å². The van der Waals surface area contributed by atoms with Crippen molar-refractivity contribution in [1.82, 2.24) is 5.32 Å². The Hall–Kier alpha value is -1.75. The first-order valence-corrected chi connectivity index (χ1v) is 6.91. The maximum atomic E-state index is 11.6. The van der Waals surface area contributed by atoms with Crippen LogP contribution in [0.15, 0.2) is 24.3 Å². The molecule has 1 aliphatic rings. The zero-order chi connectivity index (χ0) is 14.6. The first-order valence-electron chi connectivity index (χ1n) is 6.91. The second-order valence-corrected chi connectivity index (χ2v) is 4.97. The van der Waals surface area contributed by atoms with E-state index >= 15 is 0 Å². The zero-order valence-electron chi connectivity index (χ0n) is 11.9. The standard InChI is InChI=1S/C15H21NO4/c1-3-19-12-6-4-5-7-13(12)20-10-15(16-2,14(17)18)11-8-9-11/h4-7,11,16H,3,8-10H2,1-2H3,(H,17,18). The van der Waals surface area contributed by atoms with Crippen LogP contribution in [0.25, 0.3) is 0 Å². The Labute approximate surface area is 118 Å². The Kier molecular flexibility index (Phi) is 4.49. The van der Waals surface area contributed by atoms with Crippen LogP contribution in [-0.4, -0.2) is 36.9 Å². The molecule has 1 saturated carbocycles. The molecule has 1 aromatic rings. The summed E-state index contributed by atoms with van der Waals surface area (Å²) in [5.74, 6) is 0.484. The van der Waals surface area contributed by atoms with Crippen LogP contribution in [0.5, 0.6) is 11.5 Å². The molecule has 1 atom stereocenters. The summed E-state index contributed by atoms with van der Waals surface area (Å²) in [4.78, 5) is 11.6. The van der Waals surface area contributed by atoms with Gasteiger partial charge in [0, 0.05) is 0 Å². The molecule has 1 fully saturated rings. The molecule has 2 rings (SSSR count). The smallest absolute Gasteiger partial charge is 0.327 e. The van der Waals surface area contributed by atoms with E-state index in [2.05, 4.69) is 5.32 Å². The molecule has 0 spiro atoms. The predicted molar refractivity (Wildman–Crippen MR) is 75.3 cm³/mol. The van der Waals surface area contributed by atoms with Crippen LogP contribution in [0.1, 0.15) is 19.8 Å². The Bertz CT molecular complexity index is 473. The van der Waals surface area contributed by atoms with Gasteiger partial charge in [-0.15, -0.1) is 0 Å². The lowest BCUT2D eigenvalue weighted by molar-refractivity contribution is -0.147. The van der Waals surface area contributed by atoms with Crippen LogP contribution >= 0.6 is 0 Å². The number of rotatable bonds is 8. The number of benzene rings is 1. The molecule has 1 aliphatic carbocycles. The topological polar surface area (TPSA) is 67.8 Å². The second kappa shape index (κ2) is 6.13. The summed E-state index contributed by atoms with van der Waals surface area (Å²) < 4.78 is 11.2. The summed E-state index contributed by atoms with van der Waals surface area (Å²) in [6.07, 6.45) is 1.84. The van der Waals surface area contributed by atoms with E-state index in [9.17, 15) is 9.90 Å². The van der Waals surface area contributed by atoms with Gasteiger partial charge in [-0.2, -0.15) is 0 Å². The molecule has 0 aromatic heterocycles. The van der Waals surface area contributed by atoms with Crippen LogP contribution in [0.4, 0.5) is 0 Å². The molecule has 1 aromatic carbocycles. The number of hydrogen-bond acceptors (Lipinski definition) is 4. The SMILES string of the molecule is CCOc1ccccc1OCC(NC)(C(=O)O)C1CC1. The summed E-state index contributed by atoms with van der Waals surface area (Å²) in [5.41, 5.74) is -1.01. The lowest BCUT2D eigenvalue weighted by Crippen LogP contribution is -2.56. The van der Waals surface area contributed by atoms with Gasteiger partial charge < -0.3 is 19.9 Å². The van der Waals surface area contributed by atoms with Crippen molar-refractivity contribution in [1.29, 1.82) is 0 Å². The number of nitrogens with one attached hydrogen (secondary N) is 1. The monoisotopic (exact) mass is 279 g/mol. The maximum absolute atomic E-state index is 11.6. The Morgan fingerprint density at radius 1 is 1.35 bits per heavy atom. The zero-order valence-corrected chi connectivity index (χ0v) is 11.9. The molecule has 2 N–H and O–H groups in total. The van der Waals surface area contributed by atoms with Gasteiger partial charge in [0.2, 0.25) is 0 Å². The van der Waals surface area contributed by atoms with Gasteiger partial charge in [-0.3, -0.25) is 4.79 Å². The Morgan fingerprint density at radius 2 is 1.95 bits per heavy atom. The third kappa shape index (κ3) is 2.88. The number of carboxylic acid groups (broad SMARTS) is 1. The number of likely N-dealkylation sites (N-methyl/N-ethyl adjacent to an activating group) is 1. The van der Waals surface area contributed by atoms with Gasteiger partial charge in [0.05, 0.1) is 6.61 Å². The number of hydrogen-bond donors (Lipinski definition) is 2. The van der Waals surface area contributed by atoms with Crippen molar-refractivity contribution in [2.24, 2.45) is 5.92 Å². The van der Waals surface area contributed by atoms with Crippen molar-refractivity contribution in [3.05, 3.63) is 24.3 Å². The number of ether oxygens (including phenoxy) is 2. The largest absolute Gasteiger partial charge is 0.490 e. The molecule has 5 heteroatoms. The highest BCUT2D eigenvalue weighted by Gasteiger charge is 2.51. The normalized spacial score (nSPS) is 17.3. The van der Waals surface area contributed by atoms with E-state index in [4.69, 9.17) is 9.47 Å². The molecule has 1 unspecified atom stereocenters. The van der Waals surface area contributed by atoms with Gasteiger partial charge in [0.15, 0.2) is 17.0 Å². The molecular weight excluding hydrogens is 258 g/mol. The van der Waals surface area contributed by atoms with Crippen LogP contribution in [0.3, 0.4) is 0 Å². The van der Waals surface area contributed by atoms with Gasteiger partial charge in [0.1, 0.15) is 6.61 Å². The minimum absolute atomic E-state index is 0.0909. The van der Waals surface area contributed by atoms with Crippen molar-refractivity contribution in [2.45, 2.75) is 25.3 Å². The number of para-hydroxylation sites is 2. The van der Waals surface area contributed by atoms with Gasteiger partial charge in [0.25, 0.3) is 0 Å². The van der Waals surface area contributed by atoms with Crippen molar-refractivity contribution in [2.75, 3.05) is 20.3 Å². The molecule has 20 heavy (non-hydrogen) atoms. The third-order valence-corrected chi connectivity index (χ3v) is 3.71. The van der Waals surface area contributed by atoms with Crippen LogP contribution < -0.4 is 14.8 Å². The fraction of sp³-hybridized carbons (Fsp3) is 0.533. The summed E-state index contributed by atoms with van der Waals surface area (Å²) in [7, 11) is 1.67. The first-order chi connectivity index (χ1) is 9.64. The van der Waals surface area contributed by atoms with Gasteiger partial charge >= 0.3 is 5.97 Å².